The number of aromatic hydroxyl groups is 2. The lowest BCUT2D eigenvalue weighted by atomic mass is 9.88. The summed E-state index contributed by atoms with van der Waals surface area (Å²) in [5, 5.41) is 29.8. The van der Waals surface area contributed by atoms with E-state index in [4.69, 9.17) is 9.15 Å². The third-order valence-electron chi connectivity index (χ3n) is 4.62. The number of hydrogen-bond donors (Lipinski definition) is 3. The maximum absolute atomic E-state index is 12.8. The van der Waals surface area contributed by atoms with Crippen LogP contribution < -0.4 is 10.2 Å². The van der Waals surface area contributed by atoms with Crippen molar-refractivity contribution in [2.24, 2.45) is 0 Å². The number of phenols is 2. The van der Waals surface area contributed by atoms with Gasteiger partial charge in [-0.3, -0.25) is 9.59 Å². The molecular weight excluding hydrogens is 352 g/mol. The van der Waals surface area contributed by atoms with E-state index >= 15 is 0 Å². The Bertz CT molecular complexity index is 1140. The lowest BCUT2D eigenvalue weighted by molar-refractivity contribution is -0.0248. The SMILES string of the molecule is CC1(C)Oc2cc(O)c3c(=O)cc(-c4ccc(O)cc4)oc3c2C(=O)C1O. The third kappa shape index (κ3) is 2.55. The van der Waals surface area contributed by atoms with Crippen LogP contribution >= 0.6 is 0 Å². The first kappa shape index (κ1) is 17.1. The molecule has 0 saturated heterocycles. The Balaban J connectivity index is 2.05. The summed E-state index contributed by atoms with van der Waals surface area (Å²) in [6, 6.07) is 8.32. The Morgan fingerprint density at radius 3 is 2.37 bits per heavy atom. The Morgan fingerprint density at radius 2 is 1.70 bits per heavy atom. The zero-order valence-corrected chi connectivity index (χ0v) is 14.5. The first-order chi connectivity index (χ1) is 12.7. The normalized spacial score (nSPS) is 18.2. The van der Waals surface area contributed by atoms with E-state index in [0.29, 0.717) is 5.56 Å². The van der Waals surface area contributed by atoms with E-state index < -0.39 is 22.9 Å². The molecule has 3 aromatic rings. The van der Waals surface area contributed by atoms with Crippen LogP contribution in [0.3, 0.4) is 0 Å². The van der Waals surface area contributed by atoms with Crippen LogP contribution in [0, 0.1) is 0 Å². The summed E-state index contributed by atoms with van der Waals surface area (Å²) in [6.07, 6.45) is -1.46. The number of aliphatic hydroxyl groups is 1. The van der Waals surface area contributed by atoms with Gasteiger partial charge in [0.05, 0.1) is 0 Å². The molecule has 1 aliphatic rings. The van der Waals surface area contributed by atoms with E-state index in [1.165, 1.54) is 24.3 Å². The molecule has 1 unspecified atom stereocenters. The van der Waals surface area contributed by atoms with Crippen molar-refractivity contribution in [3.63, 3.8) is 0 Å². The lowest BCUT2D eigenvalue weighted by Gasteiger charge is -2.35. The van der Waals surface area contributed by atoms with Crippen molar-refractivity contribution in [3.05, 3.63) is 52.2 Å². The summed E-state index contributed by atoms with van der Waals surface area (Å²) in [4.78, 5) is 25.3. The van der Waals surface area contributed by atoms with Crippen molar-refractivity contribution in [2.75, 3.05) is 0 Å². The van der Waals surface area contributed by atoms with Crippen LogP contribution in [-0.2, 0) is 0 Å². The second kappa shape index (κ2) is 5.59. The van der Waals surface area contributed by atoms with Gasteiger partial charge in [-0.2, -0.15) is 0 Å². The molecule has 0 spiro atoms. The van der Waals surface area contributed by atoms with Crippen molar-refractivity contribution in [1.29, 1.82) is 0 Å². The number of phenolic OH excluding ortho intramolecular Hbond substituents is 2. The third-order valence-corrected chi connectivity index (χ3v) is 4.62. The highest BCUT2D eigenvalue weighted by Crippen LogP contribution is 2.41. The fraction of sp³-hybridized carbons (Fsp3) is 0.200. The molecule has 0 saturated carbocycles. The highest BCUT2D eigenvalue weighted by atomic mass is 16.5. The predicted octanol–water partition coefficient (Wildman–Crippen LogP) is 2.59. The fourth-order valence-electron chi connectivity index (χ4n) is 3.17. The van der Waals surface area contributed by atoms with E-state index in [9.17, 15) is 24.9 Å². The van der Waals surface area contributed by atoms with Crippen LogP contribution in [0.15, 0.2) is 45.6 Å². The fourth-order valence-corrected chi connectivity index (χ4v) is 3.17. The maximum Gasteiger partial charge on any atom is 0.202 e. The second-order valence-corrected chi connectivity index (χ2v) is 6.97. The molecule has 7 heteroatoms. The molecule has 0 fully saturated rings. The average Bonchev–Trinajstić information content (AvgIpc) is 2.59. The number of benzene rings is 2. The molecule has 0 amide bonds. The topological polar surface area (TPSA) is 117 Å². The van der Waals surface area contributed by atoms with Gasteiger partial charge in [-0.15, -0.1) is 0 Å². The van der Waals surface area contributed by atoms with Gasteiger partial charge in [-0.1, -0.05) is 0 Å². The number of ketones is 1. The van der Waals surface area contributed by atoms with Gasteiger partial charge in [-0.05, 0) is 38.1 Å². The van der Waals surface area contributed by atoms with Crippen molar-refractivity contribution >= 4 is 16.8 Å². The van der Waals surface area contributed by atoms with Crippen LogP contribution in [-0.4, -0.2) is 32.8 Å². The minimum absolute atomic E-state index is 0.0336. The monoisotopic (exact) mass is 368 g/mol. The van der Waals surface area contributed by atoms with Gasteiger partial charge in [0, 0.05) is 17.7 Å². The van der Waals surface area contributed by atoms with E-state index in [0.717, 1.165) is 0 Å². The molecule has 3 N–H and O–H groups in total. The van der Waals surface area contributed by atoms with Gasteiger partial charge in [0.15, 0.2) is 17.1 Å². The highest BCUT2D eigenvalue weighted by Gasteiger charge is 2.44. The first-order valence-corrected chi connectivity index (χ1v) is 8.23. The summed E-state index contributed by atoms with van der Waals surface area (Å²) in [5.74, 6) is -0.809. The molecule has 1 aromatic heterocycles. The summed E-state index contributed by atoms with van der Waals surface area (Å²) < 4.78 is 11.4. The number of hydrogen-bond acceptors (Lipinski definition) is 7. The van der Waals surface area contributed by atoms with Crippen LogP contribution in [0.25, 0.3) is 22.3 Å². The maximum atomic E-state index is 12.8. The number of fused-ring (bicyclic) bond motifs is 3. The molecule has 4 rings (SSSR count). The first-order valence-electron chi connectivity index (χ1n) is 8.23. The molecule has 1 aliphatic heterocycles. The van der Waals surface area contributed by atoms with E-state index in [1.54, 1.807) is 26.0 Å². The predicted molar refractivity (Wildman–Crippen MR) is 96.3 cm³/mol. The van der Waals surface area contributed by atoms with Gasteiger partial charge in [0.1, 0.15) is 39.6 Å². The summed E-state index contributed by atoms with van der Waals surface area (Å²) in [7, 11) is 0. The molecule has 7 nitrogen and oxygen atoms in total. The van der Waals surface area contributed by atoms with Gasteiger partial charge in [0.2, 0.25) is 5.78 Å². The largest absolute Gasteiger partial charge is 0.508 e. The Labute approximate surface area is 153 Å². The molecule has 27 heavy (non-hydrogen) atoms. The van der Waals surface area contributed by atoms with E-state index in [2.05, 4.69) is 0 Å². The molecule has 2 heterocycles. The number of rotatable bonds is 1. The van der Waals surface area contributed by atoms with Gasteiger partial charge in [-0.25, -0.2) is 0 Å². The number of carbonyl (C=O) groups is 1. The van der Waals surface area contributed by atoms with Crippen molar-refractivity contribution in [3.8, 4) is 28.6 Å². The van der Waals surface area contributed by atoms with Crippen molar-refractivity contribution in [2.45, 2.75) is 25.6 Å². The molecule has 0 radical (unpaired) electrons. The van der Waals surface area contributed by atoms with E-state index in [1.807, 2.05) is 0 Å². The number of ether oxygens (including phenoxy) is 1. The number of Topliss-reactive ketones (excluding diaryl/α,β-unsaturated/α-hetero) is 1. The van der Waals surface area contributed by atoms with Gasteiger partial charge >= 0.3 is 0 Å². The lowest BCUT2D eigenvalue weighted by Crippen LogP contribution is -2.50. The van der Waals surface area contributed by atoms with Gasteiger partial charge < -0.3 is 24.5 Å². The Morgan fingerprint density at radius 1 is 1.04 bits per heavy atom. The Kier molecular flexibility index (Phi) is 3.54. The number of carbonyl (C=O) groups excluding carboxylic acids is 1. The van der Waals surface area contributed by atoms with Crippen LogP contribution in [0.2, 0.25) is 0 Å². The van der Waals surface area contributed by atoms with Gasteiger partial charge in [0.25, 0.3) is 0 Å². The summed E-state index contributed by atoms with van der Waals surface area (Å²) >= 11 is 0. The minimum Gasteiger partial charge on any atom is -0.508 e. The zero-order valence-electron chi connectivity index (χ0n) is 14.5. The highest BCUT2D eigenvalue weighted by molar-refractivity contribution is 6.13. The van der Waals surface area contributed by atoms with Crippen LogP contribution in [0.4, 0.5) is 0 Å². The second-order valence-electron chi connectivity index (χ2n) is 6.97. The zero-order chi connectivity index (χ0) is 19.5. The smallest absolute Gasteiger partial charge is 0.202 e. The van der Waals surface area contributed by atoms with E-state index in [-0.39, 0.29) is 39.5 Å². The van der Waals surface area contributed by atoms with Crippen molar-refractivity contribution in [1.82, 2.24) is 0 Å². The standard InChI is InChI=1S/C20H16O7/c1-20(2)19(25)17(24)16-14(27-20)8-12(23)15-11(22)7-13(26-18(15)16)9-3-5-10(21)6-4-9/h3-8,19,21,23,25H,1-2H3. The molecule has 2 aromatic carbocycles. The molecule has 138 valence electrons. The summed E-state index contributed by atoms with van der Waals surface area (Å²) in [6.45, 7) is 3.09. The molecule has 0 bridgehead atoms. The van der Waals surface area contributed by atoms with Crippen LogP contribution in [0.1, 0.15) is 24.2 Å². The summed E-state index contributed by atoms with van der Waals surface area (Å²) in [5.41, 5.74) is -1.49. The minimum atomic E-state index is -1.46. The van der Waals surface area contributed by atoms with Crippen molar-refractivity contribution < 1.29 is 29.3 Å². The quantitative estimate of drug-likeness (QED) is 0.604. The molecule has 1 atom stereocenters. The number of aliphatic hydroxyl groups excluding tert-OH is 1. The Hall–Kier alpha value is -3.32. The molecular formula is C20H16O7. The molecule has 0 aliphatic carbocycles. The average molecular weight is 368 g/mol. The van der Waals surface area contributed by atoms with Crippen LogP contribution in [0.5, 0.6) is 17.2 Å².